The van der Waals surface area contributed by atoms with Gasteiger partial charge in [0.15, 0.2) is 34.9 Å². The highest BCUT2D eigenvalue weighted by Crippen LogP contribution is 2.62. The second-order valence-corrected chi connectivity index (χ2v) is 30.7. The van der Waals surface area contributed by atoms with E-state index in [4.69, 9.17) is 29.9 Å². The van der Waals surface area contributed by atoms with E-state index in [-0.39, 0.29) is 0 Å². The van der Waals surface area contributed by atoms with Gasteiger partial charge in [0.05, 0.1) is 33.2 Å². The molecule has 0 fully saturated rings. The Morgan fingerprint density at radius 3 is 1.00 bits per heavy atom. The van der Waals surface area contributed by atoms with Crippen LogP contribution in [-0.2, 0) is 5.41 Å². The van der Waals surface area contributed by atoms with Crippen LogP contribution >= 0.6 is 0 Å². The van der Waals surface area contributed by atoms with Crippen molar-refractivity contribution < 1.29 is 0 Å². The van der Waals surface area contributed by atoms with Gasteiger partial charge in [-0.05, 0) is 142 Å². The Hall–Kier alpha value is -15.9. The molecule has 1 atom stereocenters. The molecule has 0 amide bonds. The van der Waals surface area contributed by atoms with Crippen LogP contribution in [0, 0.1) is 0 Å². The summed E-state index contributed by atoms with van der Waals surface area (Å²) in [7, 11) is 0. The summed E-state index contributed by atoms with van der Waals surface area (Å²) < 4.78 is 4.88. The van der Waals surface area contributed by atoms with Gasteiger partial charge in [-0.3, -0.25) is 0 Å². The van der Waals surface area contributed by atoms with Crippen molar-refractivity contribution in [1.82, 2.24) is 39.0 Å². The van der Waals surface area contributed by atoms with Crippen molar-refractivity contribution in [3.63, 3.8) is 0 Å². The quantitative estimate of drug-likeness (QED) is 0.128. The number of rotatable bonds is 11. The molecule has 0 radical (unpaired) electrons. The molecule has 8 heteroatoms. The van der Waals surface area contributed by atoms with Crippen LogP contribution < -0.4 is 0 Å². The minimum Gasteiger partial charge on any atom is -0.309 e. The normalized spacial score (nSPS) is 13.1. The van der Waals surface area contributed by atoms with E-state index in [9.17, 15) is 0 Å². The fourth-order valence-electron chi connectivity index (χ4n) is 18.8. The molecule has 0 bridgehead atoms. The zero-order chi connectivity index (χ0) is 78.5. The number of aromatic nitrogens is 8. The van der Waals surface area contributed by atoms with Crippen LogP contribution in [0.25, 0.3) is 200 Å². The van der Waals surface area contributed by atoms with Gasteiger partial charge in [-0.2, -0.15) is 0 Å². The molecule has 0 saturated carbocycles. The molecule has 24 rings (SSSR count). The third kappa shape index (κ3) is 11.4. The maximum atomic E-state index is 5.04. The first-order chi connectivity index (χ1) is 59.0. The molecule has 0 N–H and O–H groups in total. The third-order valence-electron chi connectivity index (χ3n) is 24.1. The Morgan fingerprint density at radius 1 is 0.185 bits per heavy atom. The van der Waals surface area contributed by atoms with Gasteiger partial charge in [0.1, 0.15) is 0 Å². The zero-order valence-electron chi connectivity index (χ0n) is 64.5. The highest BCUT2D eigenvalue weighted by atomic mass is 15.0. The van der Waals surface area contributed by atoms with Gasteiger partial charge in [-0.25, -0.2) is 29.9 Å². The van der Waals surface area contributed by atoms with Crippen molar-refractivity contribution in [2.45, 2.75) is 5.41 Å². The summed E-state index contributed by atoms with van der Waals surface area (Å²) in [6, 6.07) is 152. The lowest BCUT2D eigenvalue weighted by Gasteiger charge is -2.39. The number of para-hydroxylation sites is 5. The standard InChI is InChI=1S/C62H38N4.C49H32N4/c1-3-17-41(18-4-1)59-63-60(42-19-5-2-6-20-42)65-61(64-59)43-32-30-40(31-33-43)57-45-21-8-7-16-39(45)34-36-46(57)44-35-37-48-47-22-9-11-25-51(47)62(54(48)38-44)52-26-12-14-29-56(52)66-55-28-13-10-23-49(55)50-24-15-27-53(62)58(50)66;1-3-14-36(15-4-1)47-50-48(37-16-5-2-6-17-37)52-49(51-47)38-25-23-35(24-26-38)46-40-18-8-7-13-33(40)29-32-41(46)34-27-30-39(31-28-34)53-44-21-11-9-19-42(44)43-20-10-12-22-45(43)53/h1-38H;1-32H. The summed E-state index contributed by atoms with van der Waals surface area (Å²) in [6.07, 6.45) is 0. The van der Waals surface area contributed by atoms with Gasteiger partial charge < -0.3 is 9.13 Å². The van der Waals surface area contributed by atoms with Gasteiger partial charge in [0, 0.05) is 60.6 Å². The number of hydrogen-bond donors (Lipinski definition) is 0. The topological polar surface area (TPSA) is 87.2 Å². The van der Waals surface area contributed by atoms with Gasteiger partial charge in [0.2, 0.25) is 0 Å². The van der Waals surface area contributed by atoms with E-state index in [1.807, 2.05) is 121 Å². The average molecular weight is 1520 g/mol. The van der Waals surface area contributed by atoms with E-state index < -0.39 is 5.41 Å². The lowest BCUT2D eigenvalue weighted by molar-refractivity contribution is 0.749. The van der Waals surface area contributed by atoms with E-state index in [0.29, 0.717) is 34.9 Å². The molecular weight excluding hydrogens is 1450 g/mol. The van der Waals surface area contributed by atoms with Crippen LogP contribution in [-0.4, -0.2) is 39.0 Å². The monoisotopic (exact) mass is 1510 g/mol. The summed E-state index contributed by atoms with van der Waals surface area (Å²) in [5, 5.41) is 9.90. The van der Waals surface area contributed by atoms with Crippen LogP contribution in [0.15, 0.2) is 425 Å². The van der Waals surface area contributed by atoms with Crippen LogP contribution in [0.4, 0.5) is 0 Å². The molecule has 8 nitrogen and oxygen atoms in total. The molecule has 1 spiro atoms. The van der Waals surface area contributed by atoms with Crippen LogP contribution in [0.5, 0.6) is 0 Å². The van der Waals surface area contributed by atoms with E-state index in [1.54, 1.807) is 0 Å². The lowest BCUT2D eigenvalue weighted by atomic mass is 9.65. The summed E-state index contributed by atoms with van der Waals surface area (Å²) in [5.41, 5.74) is 29.6. The molecule has 4 aromatic heterocycles. The third-order valence-corrected chi connectivity index (χ3v) is 24.1. The fraction of sp³-hybridized carbons (Fsp3) is 0.00901. The summed E-state index contributed by atoms with van der Waals surface area (Å²) in [6.45, 7) is 0. The molecule has 2 aliphatic rings. The summed E-state index contributed by atoms with van der Waals surface area (Å²) in [4.78, 5) is 29.8. The Balaban J connectivity index is 0.000000143. The van der Waals surface area contributed by atoms with Gasteiger partial charge in [-0.1, -0.05) is 382 Å². The maximum absolute atomic E-state index is 5.04. The molecule has 119 heavy (non-hydrogen) atoms. The number of nitrogens with zero attached hydrogens (tertiary/aromatic N) is 8. The minimum absolute atomic E-state index is 0.539. The van der Waals surface area contributed by atoms with E-state index in [0.717, 1.165) is 55.8 Å². The van der Waals surface area contributed by atoms with Gasteiger partial charge in [-0.15, -0.1) is 0 Å². The molecular formula is C111H70N8. The molecule has 554 valence electrons. The second kappa shape index (κ2) is 28.3. The molecule has 1 aliphatic heterocycles. The Kier molecular flexibility index (Phi) is 16.3. The van der Waals surface area contributed by atoms with Crippen LogP contribution in [0.2, 0.25) is 0 Å². The molecule has 5 heterocycles. The Labute approximate surface area is 687 Å². The van der Waals surface area contributed by atoms with Crippen molar-refractivity contribution in [3.05, 3.63) is 447 Å². The minimum atomic E-state index is -0.539. The number of benzene rings is 18. The first kappa shape index (κ1) is 68.7. The lowest BCUT2D eigenvalue weighted by Crippen LogP contribution is -2.33. The molecule has 1 aliphatic carbocycles. The van der Waals surface area contributed by atoms with Crippen molar-refractivity contribution in [2.24, 2.45) is 0 Å². The SMILES string of the molecule is c1ccc(-c2nc(-c3ccccc3)nc(-c3ccc(-c4c(-c5ccc(-n6c7ccccc7c7ccccc76)cc5)ccc5ccccc45)cc3)n2)cc1.c1ccc(-c2nc(-c3ccccc3)nc(-c3ccc(-c4c(-c5ccc6c(c5)C5(c7ccccc7-6)c6ccccc6-n6c7ccccc7c7cccc5c76)ccc5ccccc45)cc3)n2)cc1. The van der Waals surface area contributed by atoms with E-state index in [2.05, 4.69) is 312 Å². The second-order valence-electron chi connectivity index (χ2n) is 30.7. The Bertz CT molecular complexity index is 7580. The van der Waals surface area contributed by atoms with Crippen LogP contribution in [0.3, 0.4) is 0 Å². The predicted molar refractivity (Wildman–Crippen MR) is 489 cm³/mol. The Morgan fingerprint density at radius 2 is 0.513 bits per heavy atom. The number of fused-ring (bicyclic) bond motifs is 17. The number of hydrogen-bond acceptors (Lipinski definition) is 6. The maximum Gasteiger partial charge on any atom is 0.164 e. The van der Waals surface area contributed by atoms with Crippen molar-refractivity contribution in [2.75, 3.05) is 0 Å². The summed E-state index contributed by atoms with van der Waals surface area (Å²) >= 11 is 0. The first-order valence-electron chi connectivity index (χ1n) is 40.5. The summed E-state index contributed by atoms with van der Waals surface area (Å²) in [5.74, 6) is 3.88. The molecule has 22 aromatic rings. The molecule has 0 saturated heterocycles. The predicted octanol–water partition coefficient (Wildman–Crippen LogP) is 27.6. The highest BCUT2D eigenvalue weighted by Gasteiger charge is 2.51. The average Bonchev–Trinajstić information content (AvgIpc) is 1.51. The van der Waals surface area contributed by atoms with Crippen molar-refractivity contribution in [3.8, 4) is 135 Å². The smallest absolute Gasteiger partial charge is 0.164 e. The van der Waals surface area contributed by atoms with E-state index >= 15 is 0 Å². The van der Waals surface area contributed by atoms with Gasteiger partial charge >= 0.3 is 0 Å². The zero-order valence-corrected chi connectivity index (χ0v) is 64.5. The van der Waals surface area contributed by atoms with Crippen molar-refractivity contribution in [1.29, 1.82) is 0 Å². The first-order valence-corrected chi connectivity index (χ1v) is 40.5. The highest BCUT2D eigenvalue weighted by molar-refractivity contribution is 6.14. The largest absolute Gasteiger partial charge is 0.309 e. The van der Waals surface area contributed by atoms with E-state index in [1.165, 1.54) is 132 Å². The fourth-order valence-corrected chi connectivity index (χ4v) is 18.8. The van der Waals surface area contributed by atoms with Gasteiger partial charge in [0.25, 0.3) is 0 Å². The van der Waals surface area contributed by atoms with Crippen LogP contribution in [0.1, 0.15) is 22.3 Å². The molecule has 18 aromatic carbocycles. The molecule has 1 unspecified atom stereocenters. The van der Waals surface area contributed by atoms with Crippen molar-refractivity contribution >= 4 is 65.2 Å².